The van der Waals surface area contributed by atoms with E-state index in [-0.39, 0.29) is 0 Å². The van der Waals surface area contributed by atoms with E-state index in [4.69, 9.17) is 4.52 Å². The van der Waals surface area contributed by atoms with Crippen LogP contribution in [-0.4, -0.2) is 19.9 Å². The molecule has 0 radical (unpaired) electrons. The predicted molar refractivity (Wildman–Crippen MR) is 90.8 cm³/mol. The van der Waals surface area contributed by atoms with E-state index in [2.05, 4.69) is 53.4 Å². The molecule has 3 aromatic rings. The lowest BCUT2D eigenvalue weighted by atomic mass is 10.0. The molecular weight excluding hydrogens is 300 g/mol. The predicted octanol–water partition coefficient (Wildman–Crippen LogP) is 3.47. The molecule has 0 N–H and O–H groups in total. The van der Waals surface area contributed by atoms with Crippen molar-refractivity contribution < 1.29 is 4.52 Å². The second-order valence-corrected chi connectivity index (χ2v) is 6.72. The van der Waals surface area contributed by atoms with Gasteiger partial charge in [0.15, 0.2) is 5.82 Å². The van der Waals surface area contributed by atoms with Crippen LogP contribution in [0.3, 0.4) is 0 Å². The van der Waals surface area contributed by atoms with Crippen LogP contribution in [0.1, 0.15) is 47.1 Å². The Hall–Kier alpha value is -2.43. The van der Waals surface area contributed by atoms with Gasteiger partial charge < -0.3 is 4.52 Å². The maximum absolute atomic E-state index is 5.40. The van der Waals surface area contributed by atoms with Crippen molar-refractivity contribution >= 4 is 0 Å². The first-order valence-corrected chi connectivity index (χ1v) is 8.57. The summed E-state index contributed by atoms with van der Waals surface area (Å²) < 4.78 is 7.37. The minimum atomic E-state index is 0.541. The van der Waals surface area contributed by atoms with Gasteiger partial charge in [0.25, 0.3) is 0 Å². The summed E-state index contributed by atoms with van der Waals surface area (Å²) in [6.07, 6.45) is 4.43. The molecule has 0 aliphatic heterocycles. The van der Waals surface area contributed by atoms with Crippen LogP contribution in [0.5, 0.6) is 0 Å². The third kappa shape index (κ3) is 3.25. The SMILES string of the molecule is Cc1nn(Cc2nc(CC3CC3)no2)c(C)c1Cc1ccccc1. The van der Waals surface area contributed by atoms with Crippen molar-refractivity contribution in [2.24, 2.45) is 5.92 Å². The van der Waals surface area contributed by atoms with Crippen LogP contribution in [0.15, 0.2) is 34.9 Å². The van der Waals surface area contributed by atoms with Crippen LogP contribution in [0.25, 0.3) is 0 Å². The molecular formula is C19H22N4O. The highest BCUT2D eigenvalue weighted by Gasteiger charge is 2.24. The Bertz CT molecular complexity index is 830. The molecule has 5 heteroatoms. The number of hydrogen-bond donors (Lipinski definition) is 0. The van der Waals surface area contributed by atoms with Crippen molar-refractivity contribution in [1.82, 2.24) is 19.9 Å². The van der Waals surface area contributed by atoms with E-state index in [1.54, 1.807) is 0 Å². The molecule has 2 heterocycles. The number of rotatable bonds is 6. The molecule has 0 amide bonds. The zero-order chi connectivity index (χ0) is 16.5. The second kappa shape index (κ2) is 6.23. The quantitative estimate of drug-likeness (QED) is 0.697. The third-order valence-electron chi connectivity index (χ3n) is 4.72. The van der Waals surface area contributed by atoms with Crippen LogP contribution < -0.4 is 0 Å². The fraction of sp³-hybridized carbons (Fsp3) is 0.421. The highest BCUT2D eigenvalue weighted by Crippen LogP contribution is 2.31. The van der Waals surface area contributed by atoms with Crippen LogP contribution in [0, 0.1) is 19.8 Å². The van der Waals surface area contributed by atoms with E-state index < -0.39 is 0 Å². The first kappa shape index (κ1) is 15.1. The summed E-state index contributed by atoms with van der Waals surface area (Å²) in [6, 6.07) is 10.5. The largest absolute Gasteiger partial charge is 0.337 e. The van der Waals surface area contributed by atoms with Crippen molar-refractivity contribution in [2.75, 3.05) is 0 Å². The van der Waals surface area contributed by atoms with Gasteiger partial charge in [0, 0.05) is 24.1 Å². The monoisotopic (exact) mass is 322 g/mol. The lowest BCUT2D eigenvalue weighted by Crippen LogP contribution is -2.05. The van der Waals surface area contributed by atoms with Crippen molar-refractivity contribution in [3.8, 4) is 0 Å². The summed E-state index contributed by atoms with van der Waals surface area (Å²) in [6.45, 7) is 4.72. The number of aryl methyl sites for hydroxylation is 1. The molecule has 0 saturated heterocycles. The average molecular weight is 322 g/mol. The van der Waals surface area contributed by atoms with Crippen molar-refractivity contribution in [3.63, 3.8) is 0 Å². The first-order chi connectivity index (χ1) is 11.7. The van der Waals surface area contributed by atoms with E-state index in [0.29, 0.717) is 12.4 Å². The Labute approximate surface area is 141 Å². The van der Waals surface area contributed by atoms with Gasteiger partial charge in [-0.15, -0.1) is 0 Å². The first-order valence-electron chi connectivity index (χ1n) is 8.57. The van der Waals surface area contributed by atoms with Gasteiger partial charge in [-0.2, -0.15) is 10.1 Å². The van der Waals surface area contributed by atoms with Crippen LogP contribution in [0.2, 0.25) is 0 Å². The minimum Gasteiger partial charge on any atom is -0.337 e. The normalized spacial score (nSPS) is 14.2. The van der Waals surface area contributed by atoms with Gasteiger partial charge in [-0.05, 0) is 38.2 Å². The number of nitrogens with zero attached hydrogens (tertiary/aromatic N) is 4. The molecule has 0 unspecified atom stereocenters. The second-order valence-electron chi connectivity index (χ2n) is 6.72. The highest BCUT2D eigenvalue weighted by atomic mass is 16.5. The van der Waals surface area contributed by atoms with Gasteiger partial charge in [-0.3, -0.25) is 4.68 Å². The van der Waals surface area contributed by atoms with Crippen molar-refractivity contribution in [3.05, 3.63) is 64.6 Å². The Morgan fingerprint density at radius 1 is 1.17 bits per heavy atom. The number of hydrogen-bond acceptors (Lipinski definition) is 4. The number of aromatic nitrogens is 4. The molecule has 0 bridgehead atoms. The molecule has 124 valence electrons. The van der Waals surface area contributed by atoms with Crippen molar-refractivity contribution in [2.45, 2.75) is 46.1 Å². The van der Waals surface area contributed by atoms with E-state index in [1.807, 2.05) is 10.7 Å². The molecule has 2 aromatic heterocycles. The average Bonchev–Trinajstić information content (AvgIpc) is 3.23. The van der Waals surface area contributed by atoms with E-state index >= 15 is 0 Å². The molecule has 1 fully saturated rings. The van der Waals surface area contributed by atoms with E-state index in [0.717, 1.165) is 30.3 Å². The topological polar surface area (TPSA) is 56.7 Å². The van der Waals surface area contributed by atoms with Gasteiger partial charge in [0.1, 0.15) is 6.54 Å². The molecule has 0 atom stereocenters. The summed E-state index contributed by atoms with van der Waals surface area (Å²) in [5.41, 5.74) is 4.80. The molecule has 1 aromatic carbocycles. The molecule has 5 nitrogen and oxygen atoms in total. The van der Waals surface area contributed by atoms with Crippen LogP contribution >= 0.6 is 0 Å². The summed E-state index contributed by atoms with van der Waals surface area (Å²) >= 11 is 0. The smallest absolute Gasteiger partial charge is 0.248 e. The lowest BCUT2D eigenvalue weighted by molar-refractivity contribution is 0.359. The Kier molecular flexibility index (Phi) is 3.92. The van der Waals surface area contributed by atoms with Gasteiger partial charge in [0.2, 0.25) is 5.89 Å². The fourth-order valence-electron chi connectivity index (χ4n) is 3.09. The summed E-state index contributed by atoms with van der Waals surface area (Å²) in [5.74, 6) is 2.24. The van der Waals surface area contributed by atoms with Gasteiger partial charge in [0.05, 0.1) is 5.69 Å². The standard InChI is InChI=1S/C19H22N4O/c1-13-17(10-15-6-4-3-5-7-15)14(2)23(21-13)12-19-20-18(22-24-19)11-16-8-9-16/h3-7,16H,8-12H2,1-2H3. The van der Waals surface area contributed by atoms with Crippen LogP contribution in [0.4, 0.5) is 0 Å². The van der Waals surface area contributed by atoms with Gasteiger partial charge in [-0.25, -0.2) is 0 Å². The Morgan fingerprint density at radius 3 is 2.71 bits per heavy atom. The Morgan fingerprint density at radius 2 is 1.96 bits per heavy atom. The molecule has 1 aliphatic carbocycles. The maximum atomic E-state index is 5.40. The third-order valence-corrected chi connectivity index (χ3v) is 4.72. The summed E-state index contributed by atoms with van der Waals surface area (Å²) in [4.78, 5) is 4.51. The zero-order valence-electron chi connectivity index (χ0n) is 14.2. The molecule has 1 saturated carbocycles. The minimum absolute atomic E-state index is 0.541. The van der Waals surface area contributed by atoms with Crippen LogP contribution in [-0.2, 0) is 19.4 Å². The fourth-order valence-corrected chi connectivity index (χ4v) is 3.09. The van der Waals surface area contributed by atoms with E-state index in [9.17, 15) is 0 Å². The molecule has 1 aliphatic rings. The highest BCUT2D eigenvalue weighted by molar-refractivity contribution is 5.31. The molecule has 0 spiro atoms. The molecule has 24 heavy (non-hydrogen) atoms. The summed E-state index contributed by atoms with van der Waals surface area (Å²) in [7, 11) is 0. The number of benzene rings is 1. The van der Waals surface area contributed by atoms with Gasteiger partial charge in [-0.1, -0.05) is 35.5 Å². The Balaban J connectivity index is 1.51. The van der Waals surface area contributed by atoms with E-state index in [1.165, 1.54) is 29.7 Å². The lowest BCUT2D eigenvalue weighted by Gasteiger charge is -2.03. The molecule has 4 rings (SSSR count). The van der Waals surface area contributed by atoms with Gasteiger partial charge >= 0.3 is 0 Å². The summed E-state index contributed by atoms with van der Waals surface area (Å²) in [5, 5.41) is 8.76. The zero-order valence-corrected chi connectivity index (χ0v) is 14.2. The van der Waals surface area contributed by atoms with Crippen molar-refractivity contribution in [1.29, 1.82) is 0 Å². The maximum Gasteiger partial charge on any atom is 0.248 e.